The molecule has 2 aromatic rings. The minimum Gasteiger partial charge on any atom is -0.480 e. The first-order chi connectivity index (χ1) is 12.3. The van der Waals surface area contributed by atoms with Crippen LogP contribution in [0.4, 0.5) is 0 Å². The van der Waals surface area contributed by atoms with Crippen molar-refractivity contribution in [3.8, 4) is 5.88 Å². The van der Waals surface area contributed by atoms with Gasteiger partial charge in [0.05, 0.1) is 26.4 Å². The fraction of sp³-hybridized carbons (Fsp3) is 0.389. The van der Waals surface area contributed by atoms with Crippen LogP contribution in [0.5, 0.6) is 5.88 Å². The van der Waals surface area contributed by atoms with Crippen molar-refractivity contribution in [3.05, 3.63) is 54.0 Å². The van der Waals surface area contributed by atoms with Gasteiger partial charge in [-0.2, -0.15) is 0 Å². The highest BCUT2D eigenvalue weighted by atomic mass is 16.5. The number of pyridine rings is 2. The zero-order valence-electron chi connectivity index (χ0n) is 14.2. The van der Waals surface area contributed by atoms with E-state index in [1.807, 2.05) is 12.1 Å². The van der Waals surface area contributed by atoms with Gasteiger partial charge in [0.1, 0.15) is 5.56 Å². The van der Waals surface area contributed by atoms with E-state index in [0.717, 1.165) is 18.7 Å². The Morgan fingerprint density at radius 1 is 1.28 bits per heavy atom. The number of methoxy groups -OCH3 is 1. The number of ether oxygens (including phenoxy) is 2. The lowest BCUT2D eigenvalue weighted by Gasteiger charge is -2.34. The van der Waals surface area contributed by atoms with Gasteiger partial charge in [0.2, 0.25) is 5.88 Å². The molecule has 132 valence electrons. The number of amides is 1. The average molecular weight is 342 g/mol. The summed E-state index contributed by atoms with van der Waals surface area (Å²) >= 11 is 0. The van der Waals surface area contributed by atoms with Crippen molar-refractivity contribution >= 4 is 5.91 Å². The summed E-state index contributed by atoms with van der Waals surface area (Å²) in [6, 6.07) is 7.46. The van der Waals surface area contributed by atoms with Crippen LogP contribution in [0.15, 0.2) is 42.9 Å². The van der Waals surface area contributed by atoms with Crippen LogP contribution in [0.2, 0.25) is 0 Å². The van der Waals surface area contributed by atoms with Gasteiger partial charge in [0.25, 0.3) is 5.91 Å². The van der Waals surface area contributed by atoms with Gasteiger partial charge in [-0.1, -0.05) is 0 Å². The fourth-order valence-corrected chi connectivity index (χ4v) is 2.94. The maximum Gasteiger partial charge on any atom is 0.256 e. The van der Waals surface area contributed by atoms with E-state index in [2.05, 4.69) is 20.2 Å². The molecule has 1 aliphatic heterocycles. The Morgan fingerprint density at radius 3 is 2.76 bits per heavy atom. The third kappa shape index (κ3) is 4.32. The van der Waals surface area contributed by atoms with Crippen LogP contribution >= 0.6 is 0 Å². The minimum absolute atomic E-state index is 0.0681. The summed E-state index contributed by atoms with van der Waals surface area (Å²) in [4.78, 5) is 23.0. The van der Waals surface area contributed by atoms with E-state index in [0.29, 0.717) is 31.2 Å². The largest absolute Gasteiger partial charge is 0.480 e. The van der Waals surface area contributed by atoms with Crippen LogP contribution in [-0.4, -0.2) is 60.7 Å². The first-order valence-electron chi connectivity index (χ1n) is 8.28. The van der Waals surface area contributed by atoms with Crippen LogP contribution in [-0.2, 0) is 4.74 Å². The molecule has 0 saturated carbocycles. The lowest BCUT2D eigenvalue weighted by molar-refractivity contribution is 0.0162. The molecule has 1 aliphatic rings. The summed E-state index contributed by atoms with van der Waals surface area (Å²) in [6.45, 7) is 3.55. The van der Waals surface area contributed by atoms with Crippen LogP contribution in [0.25, 0.3) is 0 Å². The minimum atomic E-state index is -0.197. The number of aromatic nitrogens is 2. The summed E-state index contributed by atoms with van der Waals surface area (Å²) in [5.74, 6) is 0.129. The average Bonchev–Trinajstić information content (AvgIpc) is 2.69. The first-order valence-corrected chi connectivity index (χ1v) is 8.28. The van der Waals surface area contributed by atoms with E-state index >= 15 is 0 Å². The third-order valence-corrected chi connectivity index (χ3v) is 4.24. The summed E-state index contributed by atoms with van der Waals surface area (Å²) in [6.07, 6.45) is 5.15. The van der Waals surface area contributed by atoms with Crippen molar-refractivity contribution in [3.63, 3.8) is 0 Å². The van der Waals surface area contributed by atoms with Gasteiger partial charge < -0.3 is 14.8 Å². The second kappa shape index (κ2) is 8.55. The van der Waals surface area contributed by atoms with E-state index in [1.54, 1.807) is 30.7 Å². The third-order valence-electron chi connectivity index (χ3n) is 4.24. The molecule has 0 radical (unpaired) electrons. The summed E-state index contributed by atoms with van der Waals surface area (Å²) in [5.41, 5.74) is 1.55. The molecular weight excluding hydrogens is 320 g/mol. The first kappa shape index (κ1) is 17.3. The lowest BCUT2D eigenvalue weighted by atomic mass is 10.1. The Morgan fingerprint density at radius 2 is 2.04 bits per heavy atom. The molecule has 1 N–H and O–H groups in total. The highest BCUT2D eigenvalue weighted by Gasteiger charge is 2.24. The summed E-state index contributed by atoms with van der Waals surface area (Å²) in [5, 5.41) is 3.01. The standard InChI is InChI=1S/C18H22N4O3/c1-24-18-15(3-2-6-20-18)17(23)21-13-16(14-4-7-19-8-5-14)22-9-11-25-12-10-22/h2-8,16H,9-13H2,1H3,(H,21,23)/t16-/m0/s1. The van der Waals surface area contributed by atoms with E-state index in [-0.39, 0.29) is 11.9 Å². The topological polar surface area (TPSA) is 76.6 Å². The zero-order valence-corrected chi connectivity index (χ0v) is 14.2. The Hall–Kier alpha value is -2.51. The predicted molar refractivity (Wildman–Crippen MR) is 92.5 cm³/mol. The molecule has 1 atom stereocenters. The SMILES string of the molecule is COc1ncccc1C(=O)NC[C@@H](c1ccncc1)N1CCOCC1. The molecule has 3 heterocycles. The van der Waals surface area contributed by atoms with Crippen molar-refractivity contribution in [2.45, 2.75) is 6.04 Å². The number of morpholine rings is 1. The molecule has 0 aromatic carbocycles. The highest BCUT2D eigenvalue weighted by molar-refractivity contribution is 5.96. The van der Waals surface area contributed by atoms with E-state index in [1.165, 1.54) is 7.11 Å². The molecule has 0 bridgehead atoms. The van der Waals surface area contributed by atoms with Crippen molar-refractivity contribution in [2.24, 2.45) is 0 Å². The van der Waals surface area contributed by atoms with Gasteiger partial charge in [0, 0.05) is 38.2 Å². The number of carbonyl (C=O) groups excluding carboxylic acids is 1. The van der Waals surface area contributed by atoms with Crippen LogP contribution in [0.1, 0.15) is 22.0 Å². The number of nitrogens with zero attached hydrogens (tertiary/aromatic N) is 3. The van der Waals surface area contributed by atoms with Gasteiger partial charge in [-0.25, -0.2) is 4.98 Å². The van der Waals surface area contributed by atoms with Gasteiger partial charge >= 0.3 is 0 Å². The van der Waals surface area contributed by atoms with Crippen LogP contribution in [0.3, 0.4) is 0 Å². The fourth-order valence-electron chi connectivity index (χ4n) is 2.94. The van der Waals surface area contributed by atoms with Gasteiger partial charge in [-0.15, -0.1) is 0 Å². The van der Waals surface area contributed by atoms with E-state index in [9.17, 15) is 4.79 Å². The Kier molecular flexibility index (Phi) is 5.92. The van der Waals surface area contributed by atoms with Crippen molar-refractivity contribution in [2.75, 3.05) is 40.0 Å². The van der Waals surface area contributed by atoms with E-state index < -0.39 is 0 Å². The van der Waals surface area contributed by atoms with Crippen molar-refractivity contribution in [1.29, 1.82) is 0 Å². The summed E-state index contributed by atoms with van der Waals surface area (Å²) in [7, 11) is 1.51. The molecule has 0 aliphatic carbocycles. The Bertz CT molecular complexity index is 690. The molecule has 25 heavy (non-hydrogen) atoms. The normalized spacial score (nSPS) is 16.2. The number of nitrogens with one attached hydrogen (secondary N) is 1. The molecule has 1 saturated heterocycles. The highest BCUT2D eigenvalue weighted by Crippen LogP contribution is 2.21. The Balaban J connectivity index is 1.73. The second-order valence-electron chi connectivity index (χ2n) is 5.71. The number of carbonyl (C=O) groups is 1. The van der Waals surface area contributed by atoms with Crippen LogP contribution < -0.4 is 10.1 Å². The molecule has 0 unspecified atom stereocenters. The number of rotatable bonds is 6. The molecule has 7 heteroatoms. The number of hydrogen-bond donors (Lipinski definition) is 1. The molecule has 7 nitrogen and oxygen atoms in total. The molecule has 1 fully saturated rings. The Labute approximate surface area is 147 Å². The van der Waals surface area contributed by atoms with Crippen LogP contribution in [0, 0.1) is 0 Å². The van der Waals surface area contributed by atoms with Crippen molar-refractivity contribution < 1.29 is 14.3 Å². The molecule has 2 aromatic heterocycles. The molecule has 0 spiro atoms. The van der Waals surface area contributed by atoms with Crippen molar-refractivity contribution in [1.82, 2.24) is 20.2 Å². The maximum atomic E-state index is 12.6. The molecule has 3 rings (SSSR count). The molecular formula is C18H22N4O3. The van der Waals surface area contributed by atoms with Gasteiger partial charge in [0.15, 0.2) is 0 Å². The lowest BCUT2D eigenvalue weighted by Crippen LogP contribution is -2.43. The summed E-state index contributed by atoms with van der Waals surface area (Å²) < 4.78 is 10.6. The molecule has 1 amide bonds. The number of hydrogen-bond acceptors (Lipinski definition) is 6. The second-order valence-corrected chi connectivity index (χ2v) is 5.71. The monoisotopic (exact) mass is 342 g/mol. The van der Waals surface area contributed by atoms with Gasteiger partial charge in [-0.3, -0.25) is 14.7 Å². The predicted octanol–water partition coefficient (Wildman–Crippen LogP) is 1.29. The quantitative estimate of drug-likeness (QED) is 0.852. The smallest absolute Gasteiger partial charge is 0.256 e. The maximum absolute atomic E-state index is 12.6. The van der Waals surface area contributed by atoms with E-state index in [4.69, 9.17) is 9.47 Å². The van der Waals surface area contributed by atoms with Gasteiger partial charge in [-0.05, 0) is 29.8 Å². The zero-order chi connectivity index (χ0) is 17.5.